The average molecular weight is 460 g/mol. The molecule has 1 aromatic heterocycles. The van der Waals surface area contributed by atoms with E-state index in [1.54, 1.807) is 17.4 Å². The Hall–Kier alpha value is -1.89. The van der Waals surface area contributed by atoms with Crippen molar-refractivity contribution in [3.05, 3.63) is 40.2 Å². The van der Waals surface area contributed by atoms with E-state index in [-0.39, 0.29) is 11.8 Å². The summed E-state index contributed by atoms with van der Waals surface area (Å²) in [7, 11) is 0. The molecule has 0 unspecified atom stereocenters. The number of likely N-dealkylation sites (tertiary alicyclic amines) is 1. The van der Waals surface area contributed by atoms with E-state index in [1.807, 2.05) is 40.1 Å². The Bertz CT molecular complexity index is 957. The molecule has 2 aliphatic heterocycles. The molecule has 0 aliphatic carbocycles. The first-order chi connectivity index (χ1) is 15.0. The molecular weight excluding hydrogens is 430 g/mol. The Balaban J connectivity index is 1.25. The maximum atomic E-state index is 12.7. The van der Waals surface area contributed by atoms with Crippen molar-refractivity contribution in [1.82, 2.24) is 14.7 Å². The number of rotatable bonds is 5. The summed E-state index contributed by atoms with van der Waals surface area (Å²) in [5.74, 6) is 0.676. The smallest absolute Gasteiger partial charge is 0.246 e. The molecule has 7 heteroatoms. The highest BCUT2D eigenvalue weighted by Gasteiger charge is 2.27. The molecule has 2 fully saturated rings. The van der Waals surface area contributed by atoms with Gasteiger partial charge in [-0.3, -0.25) is 9.59 Å². The number of nitrogens with zero attached hydrogens (tertiary/aromatic N) is 3. The van der Waals surface area contributed by atoms with Gasteiger partial charge in [0.2, 0.25) is 11.8 Å². The van der Waals surface area contributed by atoms with E-state index >= 15 is 0 Å². The first-order valence-corrected chi connectivity index (χ1v) is 12.4. The molecule has 3 heterocycles. The van der Waals surface area contributed by atoms with Crippen LogP contribution < -0.4 is 0 Å². The molecule has 0 radical (unpaired) electrons. The Labute approximate surface area is 193 Å². The van der Waals surface area contributed by atoms with Crippen LogP contribution in [0.15, 0.2) is 30.3 Å². The predicted molar refractivity (Wildman–Crippen MR) is 128 cm³/mol. The second-order valence-electron chi connectivity index (χ2n) is 8.40. The monoisotopic (exact) mass is 459 g/mol. The first kappa shape index (κ1) is 22.3. The van der Waals surface area contributed by atoms with Crippen molar-refractivity contribution in [3.63, 3.8) is 0 Å². The maximum Gasteiger partial charge on any atom is 0.246 e. The summed E-state index contributed by atoms with van der Waals surface area (Å²) in [6.45, 7) is 8.29. The molecule has 0 atom stereocenters. The normalized spacial score (nSPS) is 18.9. The Morgan fingerprint density at radius 1 is 1.06 bits per heavy atom. The molecule has 0 N–H and O–H groups in total. The van der Waals surface area contributed by atoms with Crippen molar-refractivity contribution < 1.29 is 9.59 Å². The van der Waals surface area contributed by atoms with Gasteiger partial charge in [0.1, 0.15) is 0 Å². The lowest BCUT2D eigenvalue weighted by Gasteiger charge is -2.36. The van der Waals surface area contributed by atoms with Crippen molar-refractivity contribution >= 4 is 50.9 Å². The zero-order valence-electron chi connectivity index (χ0n) is 18.1. The van der Waals surface area contributed by atoms with Crippen LogP contribution in [0.25, 0.3) is 16.2 Å². The number of hydrogen-bond donors (Lipinski definition) is 0. The largest absolute Gasteiger partial charge is 0.340 e. The fourth-order valence-corrected chi connectivity index (χ4v) is 5.84. The number of fused-ring (bicyclic) bond motifs is 1. The Morgan fingerprint density at radius 2 is 1.77 bits per heavy atom. The van der Waals surface area contributed by atoms with E-state index in [1.165, 1.54) is 0 Å². The Morgan fingerprint density at radius 3 is 2.45 bits per heavy atom. The zero-order chi connectivity index (χ0) is 21.8. The summed E-state index contributed by atoms with van der Waals surface area (Å²) in [5, 5.41) is 1.74. The van der Waals surface area contributed by atoms with Crippen LogP contribution in [0.5, 0.6) is 0 Å². The van der Waals surface area contributed by atoms with Crippen LogP contribution in [-0.2, 0) is 9.59 Å². The van der Waals surface area contributed by atoms with Crippen LogP contribution in [-0.4, -0.2) is 72.3 Å². The highest BCUT2D eigenvalue weighted by Crippen LogP contribution is 2.36. The summed E-state index contributed by atoms with van der Waals surface area (Å²) >= 11 is 8.07. The van der Waals surface area contributed by atoms with E-state index in [4.69, 9.17) is 11.6 Å². The molecule has 2 saturated heterocycles. The number of halogens is 1. The third-order valence-corrected chi connectivity index (χ3v) is 8.15. The summed E-state index contributed by atoms with van der Waals surface area (Å²) in [4.78, 5) is 32.5. The van der Waals surface area contributed by atoms with Gasteiger partial charge in [-0.2, -0.15) is 0 Å². The minimum absolute atomic E-state index is 0.0222. The topological polar surface area (TPSA) is 43.9 Å². The van der Waals surface area contributed by atoms with Gasteiger partial charge in [0, 0.05) is 66.7 Å². The fraction of sp³-hybridized carbons (Fsp3) is 0.500. The van der Waals surface area contributed by atoms with Gasteiger partial charge in [0.05, 0.1) is 5.02 Å². The second kappa shape index (κ2) is 10.2. The average Bonchev–Trinajstić information content (AvgIpc) is 3.13. The number of piperidine rings is 1. The third kappa shape index (κ3) is 5.30. The number of carbonyl (C=O) groups excluding carboxylic acids is 2. The van der Waals surface area contributed by atoms with Crippen LogP contribution in [0.2, 0.25) is 5.02 Å². The fourth-order valence-electron chi connectivity index (χ4n) is 4.44. The van der Waals surface area contributed by atoms with Gasteiger partial charge in [-0.05, 0) is 37.4 Å². The van der Waals surface area contributed by atoms with Crippen molar-refractivity contribution in [2.24, 2.45) is 5.92 Å². The quantitative estimate of drug-likeness (QED) is 0.624. The number of carbonyl (C=O) groups is 2. The van der Waals surface area contributed by atoms with E-state index < -0.39 is 0 Å². The van der Waals surface area contributed by atoms with E-state index in [2.05, 4.69) is 11.8 Å². The highest BCUT2D eigenvalue weighted by molar-refractivity contribution is 7.20. The van der Waals surface area contributed by atoms with Crippen LogP contribution in [0.1, 0.15) is 31.1 Å². The molecule has 0 bridgehead atoms. The van der Waals surface area contributed by atoms with Gasteiger partial charge in [-0.1, -0.05) is 36.7 Å². The number of likely N-dealkylation sites (N-methyl/N-ethyl adjacent to an activating group) is 1. The summed E-state index contributed by atoms with van der Waals surface area (Å²) in [6.07, 6.45) is 5.87. The molecule has 4 rings (SSSR count). The van der Waals surface area contributed by atoms with Gasteiger partial charge in [0.25, 0.3) is 0 Å². The predicted octanol–water partition coefficient (Wildman–Crippen LogP) is 4.36. The molecule has 166 valence electrons. The van der Waals surface area contributed by atoms with Gasteiger partial charge in [-0.15, -0.1) is 11.3 Å². The summed E-state index contributed by atoms with van der Waals surface area (Å²) in [6, 6.07) is 8.01. The second-order valence-corrected chi connectivity index (χ2v) is 9.86. The Kier molecular flexibility index (Phi) is 7.31. The van der Waals surface area contributed by atoms with E-state index in [0.29, 0.717) is 30.5 Å². The lowest BCUT2D eigenvalue weighted by atomic mass is 9.92. The third-order valence-electron chi connectivity index (χ3n) is 6.50. The van der Waals surface area contributed by atoms with E-state index in [0.717, 1.165) is 60.5 Å². The van der Waals surface area contributed by atoms with Crippen LogP contribution >= 0.6 is 22.9 Å². The van der Waals surface area contributed by atoms with Crippen LogP contribution in [0.3, 0.4) is 0 Å². The molecule has 2 aromatic rings. The molecule has 2 amide bonds. The van der Waals surface area contributed by atoms with Crippen LogP contribution in [0.4, 0.5) is 0 Å². The molecule has 31 heavy (non-hydrogen) atoms. The van der Waals surface area contributed by atoms with Gasteiger partial charge < -0.3 is 14.7 Å². The number of amides is 2. The van der Waals surface area contributed by atoms with Crippen LogP contribution in [0, 0.1) is 5.92 Å². The number of piperazine rings is 1. The lowest BCUT2D eigenvalue weighted by Crippen LogP contribution is -2.49. The van der Waals surface area contributed by atoms with Crippen molar-refractivity contribution in [3.8, 4) is 0 Å². The van der Waals surface area contributed by atoms with Gasteiger partial charge in [0.15, 0.2) is 0 Å². The molecule has 0 saturated carbocycles. The lowest BCUT2D eigenvalue weighted by molar-refractivity contribution is -0.134. The minimum Gasteiger partial charge on any atom is -0.340 e. The molecule has 0 spiro atoms. The first-order valence-electron chi connectivity index (χ1n) is 11.2. The van der Waals surface area contributed by atoms with Gasteiger partial charge in [-0.25, -0.2) is 0 Å². The van der Waals surface area contributed by atoms with E-state index in [9.17, 15) is 9.59 Å². The van der Waals surface area contributed by atoms with Gasteiger partial charge >= 0.3 is 0 Å². The maximum absolute atomic E-state index is 12.7. The van der Waals surface area contributed by atoms with Crippen molar-refractivity contribution in [1.29, 1.82) is 0 Å². The van der Waals surface area contributed by atoms with Crippen molar-refractivity contribution in [2.45, 2.75) is 26.2 Å². The number of benzene rings is 1. The summed E-state index contributed by atoms with van der Waals surface area (Å²) < 4.78 is 1.13. The zero-order valence-corrected chi connectivity index (χ0v) is 19.6. The molecule has 2 aliphatic rings. The molecular formula is C24H30ClN3O2S. The number of hydrogen-bond acceptors (Lipinski definition) is 4. The molecule has 5 nitrogen and oxygen atoms in total. The van der Waals surface area contributed by atoms with Crippen molar-refractivity contribution in [2.75, 3.05) is 45.8 Å². The highest BCUT2D eigenvalue weighted by atomic mass is 35.5. The molecule has 1 aromatic carbocycles. The summed E-state index contributed by atoms with van der Waals surface area (Å²) in [5.41, 5.74) is 0. The standard InChI is InChI=1S/C24H30ClN3O2S/c1-2-26-13-15-28(16-14-26)23(30)17-18-9-11-27(12-10-18)22(29)8-7-21-24(25)19-5-3-4-6-20(19)31-21/h3-8,18H,2,9-17H2,1H3/b8-7+. The minimum atomic E-state index is 0.0222. The SMILES string of the molecule is CCN1CCN(C(=O)CC2CCN(C(=O)/C=C/c3sc4ccccc4c3Cl)CC2)CC1. The number of thiophene rings is 1.